The van der Waals surface area contributed by atoms with Crippen LogP contribution in [0.4, 0.5) is 5.69 Å². The van der Waals surface area contributed by atoms with Gasteiger partial charge in [-0.2, -0.15) is 0 Å². The number of aromatic carboxylic acids is 1. The number of likely N-dealkylation sites (N-methyl/N-ethyl adjacent to an activating group) is 1. The summed E-state index contributed by atoms with van der Waals surface area (Å²) in [5.74, 6) is 0.0587. The van der Waals surface area contributed by atoms with Crippen LogP contribution in [0.25, 0.3) is 32.9 Å². The van der Waals surface area contributed by atoms with Crippen molar-refractivity contribution < 1.29 is 24.3 Å². The van der Waals surface area contributed by atoms with E-state index >= 15 is 0 Å². The normalized spacial score (nSPS) is 19.8. The number of hydrogen-bond donors (Lipinski definition) is 1. The molecule has 2 amide bonds. The molecule has 1 saturated heterocycles. The molecule has 2 aliphatic heterocycles. The smallest absolute Gasteiger partial charge is 0.348 e. The van der Waals surface area contributed by atoms with E-state index in [0.29, 0.717) is 54.5 Å². The zero-order valence-corrected chi connectivity index (χ0v) is 28.5. The molecule has 4 heterocycles. The Kier molecular flexibility index (Phi) is 8.68. The maximum atomic E-state index is 14.4. The Labute approximate surface area is 284 Å². The highest BCUT2D eigenvalue weighted by Crippen LogP contribution is 2.43. The van der Waals surface area contributed by atoms with Crippen LogP contribution in [0.2, 0.25) is 0 Å². The monoisotopic (exact) mass is 667 g/mol. The topological polar surface area (TPSA) is 116 Å². The summed E-state index contributed by atoms with van der Waals surface area (Å²) in [6.07, 6.45) is 4.67. The van der Waals surface area contributed by atoms with Gasteiger partial charge in [0.2, 0.25) is 11.8 Å². The van der Waals surface area contributed by atoms with E-state index in [1.54, 1.807) is 4.90 Å². The van der Waals surface area contributed by atoms with E-state index in [2.05, 4.69) is 6.92 Å². The Balaban J connectivity index is 1.24. The summed E-state index contributed by atoms with van der Waals surface area (Å²) in [7, 11) is 3.74. The number of hydrogen-bond acceptors (Lipinski definition) is 7. The molecular weight excluding hydrogens is 627 g/mol. The third kappa shape index (κ3) is 5.94. The number of imidazole rings is 1. The maximum Gasteiger partial charge on any atom is 0.348 e. The molecule has 7 rings (SSSR count). The number of Topliss-reactive ketones (excluding diaryl/α,β-unsaturated/α-hetero) is 1. The van der Waals surface area contributed by atoms with Crippen LogP contribution in [0.15, 0.2) is 48.5 Å². The third-order valence-corrected chi connectivity index (χ3v) is 11.4. The molecule has 4 aromatic rings. The van der Waals surface area contributed by atoms with Gasteiger partial charge in [-0.15, -0.1) is 11.3 Å². The van der Waals surface area contributed by atoms with Crippen molar-refractivity contribution in [3.63, 3.8) is 0 Å². The number of amides is 2. The van der Waals surface area contributed by atoms with Gasteiger partial charge in [0, 0.05) is 41.1 Å². The molecule has 1 N–H and O–H groups in total. The molecule has 3 aliphatic rings. The number of fused-ring (bicyclic) bond motifs is 5. The van der Waals surface area contributed by atoms with Gasteiger partial charge < -0.3 is 24.4 Å². The number of carbonyl (C=O) groups excluding carboxylic acids is 3. The molecule has 11 heteroatoms. The minimum absolute atomic E-state index is 0.0219. The van der Waals surface area contributed by atoms with Crippen molar-refractivity contribution >= 4 is 51.6 Å². The average molecular weight is 668 g/mol. The van der Waals surface area contributed by atoms with Gasteiger partial charge in [0.1, 0.15) is 10.7 Å². The lowest BCUT2D eigenvalue weighted by Crippen LogP contribution is -2.52. The standard InChI is InChI=1S/C37H41N5O5S/c1-22-8-10-23(11-9-22)36(45)42(25-14-16-40(17-15-25)33(44)21-39(2)3)30-19-32(48-34(30)37(46)47)24-12-13-26-27(18-24)31(43)20-41-29-7-5-4-6-28(29)38-35(26)41/h4-7,12-13,18-19,22-23,25H,8-11,14-17,20-21H2,1-3H3,(H,46,47). The molecule has 1 saturated carbocycles. The lowest BCUT2D eigenvalue weighted by molar-refractivity contribution is -0.132. The zero-order chi connectivity index (χ0) is 33.7. The van der Waals surface area contributed by atoms with E-state index in [-0.39, 0.29) is 41.0 Å². The first-order valence-electron chi connectivity index (χ1n) is 16.8. The maximum absolute atomic E-state index is 14.4. The fourth-order valence-electron chi connectivity index (χ4n) is 7.59. The third-order valence-electron chi connectivity index (χ3n) is 10.2. The number of carboxylic acids is 1. The van der Waals surface area contributed by atoms with E-state index in [4.69, 9.17) is 4.98 Å². The number of anilines is 1. The highest BCUT2D eigenvalue weighted by atomic mass is 32.1. The number of piperidine rings is 1. The first-order chi connectivity index (χ1) is 23.1. The zero-order valence-electron chi connectivity index (χ0n) is 27.6. The van der Waals surface area contributed by atoms with E-state index in [1.807, 2.05) is 77.0 Å². The molecule has 2 aromatic heterocycles. The first-order valence-corrected chi connectivity index (χ1v) is 17.7. The molecule has 250 valence electrons. The second kappa shape index (κ2) is 12.9. The van der Waals surface area contributed by atoms with Gasteiger partial charge in [-0.25, -0.2) is 9.78 Å². The minimum Gasteiger partial charge on any atom is -0.477 e. The number of aromatic nitrogens is 2. The van der Waals surface area contributed by atoms with Crippen LogP contribution in [0.1, 0.15) is 65.5 Å². The number of thiophene rings is 1. The largest absolute Gasteiger partial charge is 0.477 e. The van der Waals surface area contributed by atoms with Crippen LogP contribution in [0.3, 0.4) is 0 Å². The number of ketones is 1. The van der Waals surface area contributed by atoms with E-state index in [0.717, 1.165) is 65.0 Å². The Bertz CT molecular complexity index is 1910. The van der Waals surface area contributed by atoms with E-state index in [1.165, 1.54) is 0 Å². The first kappa shape index (κ1) is 32.2. The van der Waals surface area contributed by atoms with Gasteiger partial charge in [-0.3, -0.25) is 14.4 Å². The fourth-order valence-corrected chi connectivity index (χ4v) is 8.58. The number of carbonyl (C=O) groups is 4. The van der Waals surface area contributed by atoms with Crippen LogP contribution in [-0.2, 0) is 16.1 Å². The van der Waals surface area contributed by atoms with Crippen molar-refractivity contribution in [2.45, 2.75) is 58.0 Å². The Hall–Kier alpha value is -4.35. The van der Waals surface area contributed by atoms with Gasteiger partial charge in [0.25, 0.3) is 0 Å². The summed E-state index contributed by atoms with van der Waals surface area (Å²) >= 11 is 1.14. The van der Waals surface area contributed by atoms with Crippen molar-refractivity contribution in [2.75, 3.05) is 38.6 Å². The van der Waals surface area contributed by atoms with E-state index < -0.39 is 5.97 Å². The van der Waals surface area contributed by atoms with Gasteiger partial charge in [-0.05, 0) is 94.4 Å². The van der Waals surface area contributed by atoms with Crippen molar-refractivity contribution in [2.24, 2.45) is 11.8 Å². The molecule has 0 unspecified atom stereocenters. The lowest BCUT2D eigenvalue weighted by Gasteiger charge is -2.40. The predicted octanol–water partition coefficient (Wildman–Crippen LogP) is 6.04. The van der Waals surface area contributed by atoms with Crippen LogP contribution < -0.4 is 4.90 Å². The lowest BCUT2D eigenvalue weighted by atomic mass is 9.82. The van der Waals surface area contributed by atoms with Gasteiger partial charge in [0.15, 0.2) is 5.78 Å². The van der Waals surface area contributed by atoms with Gasteiger partial charge in [-0.1, -0.05) is 25.1 Å². The average Bonchev–Trinajstić information content (AvgIpc) is 3.68. The van der Waals surface area contributed by atoms with Gasteiger partial charge in [0.05, 0.1) is 29.8 Å². The second-order valence-electron chi connectivity index (χ2n) is 13.8. The Morgan fingerprint density at radius 2 is 1.69 bits per heavy atom. The molecule has 2 fully saturated rings. The van der Waals surface area contributed by atoms with Crippen molar-refractivity contribution in [1.29, 1.82) is 0 Å². The Morgan fingerprint density at radius 1 is 0.958 bits per heavy atom. The van der Waals surface area contributed by atoms with Crippen LogP contribution in [0.5, 0.6) is 0 Å². The fraction of sp³-hybridized carbons (Fsp3) is 0.432. The molecule has 0 atom stereocenters. The number of nitrogens with zero attached hydrogens (tertiary/aromatic N) is 5. The number of para-hydroxylation sites is 2. The number of likely N-dealkylation sites (tertiary alicyclic amines) is 1. The summed E-state index contributed by atoms with van der Waals surface area (Å²) in [6.45, 7) is 3.75. The molecule has 10 nitrogen and oxygen atoms in total. The Morgan fingerprint density at radius 3 is 2.40 bits per heavy atom. The predicted molar refractivity (Wildman–Crippen MR) is 187 cm³/mol. The summed E-state index contributed by atoms with van der Waals surface area (Å²) in [6, 6.07) is 15.0. The van der Waals surface area contributed by atoms with Crippen LogP contribution in [-0.4, -0.2) is 87.8 Å². The van der Waals surface area contributed by atoms with E-state index in [9.17, 15) is 24.3 Å². The van der Waals surface area contributed by atoms with Crippen molar-refractivity contribution in [1.82, 2.24) is 19.4 Å². The SMILES string of the molecule is CC1CCC(C(=O)N(c2cc(-c3ccc4c(c3)C(=O)Cn3c-4nc4ccccc43)sc2C(=O)O)C2CCN(C(=O)CN(C)C)CC2)CC1. The number of benzene rings is 2. The van der Waals surface area contributed by atoms with Crippen molar-refractivity contribution in [3.05, 3.63) is 59.0 Å². The van der Waals surface area contributed by atoms with Crippen LogP contribution in [0, 0.1) is 11.8 Å². The second-order valence-corrected chi connectivity index (χ2v) is 14.9. The molecule has 2 aromatic carbocycles. The highest BCUT2D eigenvalue weighted by molar-refractivity contribution is 7.18. The molecule has 1 aliphatic carbocycles. The number of carboxylic acid groups (broad SMARTS) is 1. The van der Waals surface area contributed by atoms with Crippen LogP contribution >= 0.6 is 11.3 Å². The number of rotatable bonds is 7. The van der Waals surface area contributed by atoms with Crippen molar-refractivity contribution in [3.8, 4) is 21.8 Å². The van der Waals surface area contributed by atoms with Gasteiger partial charge >= 0.3 is 5.97 Å². The minimum atomic E-state index is -1.09. The summed E-state index contributed by atoms with van der Waals surface area (Å²) < 4.78 is 1.94. The summed E-state index contributed by atoms with van der Waals surface area (Å²) in [5.41, 5.74) is 4.19. The highest BCUT2D eigenvalue weighted by Gasteiger charge is 2.38. The quantitative estimate of drug-likeness (QED) is 0.256. The molecule has 0 radical (unpaired) electrons. The molecule has 0 bridgehead atoms. The molecule has 0 spiro atoms. The molecular formula is C37H41N5O5S. The summed E-state index contributed by atoms with van der Waals surface area (Å²) in [5, 5.41) is 10.5. The summed E-state index contributed by atoms with van der Waals surface area (Å²) in [4.78, 5) is 64.6. The molecule has 48 heavy (non-hydrogen) atoms.